The lowest BCUT2D eigenvalue weighted by Gasteiger charge is -2.19. The normalized spacial score (nSPS) is 13.5. The summed E-state index contributed by atoms with van der Waals surface area (Å²) < 4.78 is 33.2. The highest BCUT2D eigenvalue weighted by molar-refractivity contribution is 7.47. The number of hydrogen-bond acceptors (Lipinski definition) is 8. The van der Waals surface area contributed by atoms with Crippen LogP contribution in [0.1, 0.15) is 322 Å². The van der Waals surface area contributed by atoms with Crippen molar-refractivity contribution in [1.82, 2.24) is 0 Å². The molecule has 0 saturated carbocycles. The number of hydrogen-bond donors (Lipinski definition) is 2. The second kappa shape index (κ2) is 68.0. The van der Waals surface area contributed by atoms with E-state index in [1.165, 1.54) is 205 Å². The monoisotopic (exact) mass is 1180 g/mol. The summed E-state index contributed by atoms with van der Waals surface area (Å²) in [6.45, 7) is 3.65. The predicted octanol–water partition coefficient (Wildman–Crippen LogP) is 22.7. The Morgan fingerprint density at radius 1 is 0.373 bits per heavy atom. The smallest absolute Gasteiger partial charge is 0.462 e. The summed E-state index contributed by atoms with van der Waals surface area (Å²) in [5.41, 5.74) is 5.40. The Morgan fingerprint density at radius 2 is 0.663 bits per heavy atom. The van der Waals surface area contributed by atoms with Crippen molar-refractivity contribution in [2.45, 2.75) is 328 Å². The molecule has 2 unspecified atom stereocenters. The van der Waals surface area contributed by atoms with Crippen molar-refractivity contribution in [3.05, 3.63) is 97.2 Å². The number of phosphoric ester groups is 1. The zero-order valence-corrected chi connectivity index (χ0v) is 54.8. The minimum atomic E-state index is -4.39. The van der Waals surface area contributed by atoms with Gasteiger partial charge in [-0.25, -0.2) is 4.57 Å². The molecule has 0 aliphatic heterocycles. The molecule has 3 N–H and O–H groups in total. The molecule has 0 spiro atoms. The third-order valence-corrected chi connectivity index (χ3v) is 15.9. The molecule has 0 fully saturated rings. The number of allylic oxidation sites excluding steroid dienone is 16. The van der Waals surface area contributed by atoms with E-state index in [1.807, 2.05) is 0 Å². The van der Waals surface area contributed by atoms with Gasteiger partial charge in [0.05, 0.1) is 13.2 Å². The van der Waals surface area contributed by atoms with Crippen LogP contribution in [0.25, 0.3) is 0 Å². The van der Waals surface area contributed by atoms with Crippen LogP contribution in [0.15, 0.2) is 97.2 Å². The summed E-state index contributed by atoms with van der Waals surface area (Å²) >= 11 is 0. The molecule has 0 radical (unpaired) electrons. The molecule has 0 bridgehead atoms. The number of carbonyl (C=O) groups excluding carboxylic acids is 2. The van der Waals surface area contributed by atoms with E-state index in [1.54, 1.807) is 0 Å². The lowest BCUT2D eigenvalue weighted by Crippen LogP contribution is -2.29. The molecule has 0 aromatic heterocycles. The van der Waals surface area contributed by atoms with E-state index in [4.69, 9.17) is 24.3 Å². The molecular formula is C73H130NO8P. The zero-order chi connectivity index (χ0) is 60.1. The number of esters is 2. The van der Waals surface area contributed by atoms with Gasteiger partial charge in [-0.3, -0.25) is 18.6 Å². The van der Waals surface area contributed by atoms with E-state index in [0.717, 1.165) is 83.5 Å². The fourth-order valence-corrected chi connectivity index (χ4v) is 10.6. The van der Waals surface area contributed by atoms with Crippen LogP contribution in [0.4, 0.5) is 0 Å². The maximum absolute atomic E-state index is 12.8. The standard InChI is InChI=1S/C73H130NO8P/c1-3-5-7-9-11-13-15-17-19-21-23-25-27-28-29-30-31-32-33-34-35-36-37-38-39-40-41-42-44-46-48-50-52-54-56-58-60-62-64-66-73(76)82-71(70-81-83(77,78)80-68-67-74)69-79-72(75)65-63-61-59-57-55-53-51-49-47-45-43-26-24-22-20-18-16-14-12-10-8-6-4-2/h5,7,11,13,16-19,22-25,28-29,31-32,71H,3-4,6,8-10,12,14-15,20-21,26-27,30,33-70,74H2,1-2H3,(H,77,78)/b7-5-,13-11-,18-16-,19-17-,24-22-,25-23-,29-28-,32-31-. The van der Waals surface area contributed by atoms with Gasteiger partial charge in [-0.15, -0.1) is 0 Å². The van der Waals surface area contributed by atoms with Crippen LogP contribution in [-0.4, -0.2) is 49.3 Å². The van der Waals surface area contributed by atoms with Gasteiger partial charge in [0.2, 0.25) is 0 Å². The minimum absolute atomic E-state index is 0.0519. The fraction of sp³-hybridized carbons (Fsp3) is 0.753. The molecule has 0 amide bonds. The topological polar surface area (TPSA) is 134 Å². The number of carbonyl (C=O) groups is 2. The zero-order valence-electron chi connectivity index (χ0n) is 53.9. The molecule has 83 heavy (non-hydrogen) atoms. The molecule has 480 valence electrons. The average Bonchev–Trinajstić information content (AvgIpc) is 3.48. The maximum Gasteiger partial charge on any atom is 0.472 e. The lowest BCUT2D eigenvalue weighted by molar-refractivity contribution is -0.161. The van der Waals surface area contributed by atoms with E-state index in [0.29, 0.717) is 6.42 Å². The largest absolute Gasteiger partial charge is 0.472 e. The summed E-state index contributed by atoms with van der Waals surface area (Å²) in [5, 5.41) is 0. The molecule has 0 aliphatic carbocycles. The quantitative estimate of drug-likeness (QED) is 0.0264. The van der Waals surface area contributed by atoms with Crippen molar-refractivity contribution in [2.75, 3.05) is 26.4 Å². The Bertz CT molecular complexity index is 1680. The summed E-state index contributed by atoms with van der Waals surface area (Å²) in [6, 6.07) is 0. The Balaban J connectivity index is 3.84. The molecule has 0 heterocycles. The van der Waals surface area contributed by atoms with Crippen LogP contribution in [0, 0.1) is 0 Å². The minimum Gasteiger partial charge on any atom is -0.462 e. The Morgan fingerprint density at radius 3 is 0.988 bits per heavy atom. The number of ether oxygens (including phenoxy) is 2. The Kier molecular flexibility index (Phi) is 65.5. The van der Waals surface area contributed by atoms with Gasteiger partial charge in [0, 0.05) is 19.4 Å². The summed E-state index contributed by atoms with van der Waals surface area (Å²) in [5.74, 6) is -0.819. The van der Waals surface area contributed by atoms with Crippen LogP contribution in [0.5, 0.6) is 0 Å². The first kappa shape index (κ1) is 79.9. The van der Waals surface area contributed by atoms with Gasteiger partial charge in [-0.1, -0.05) is 310 Å². The molecule has 0 aliphatic rings. The van der Waals surface area contributed by atoms with Crippen LogP contribution >= 0.6 is 7.82 Å². The van der Waals surface area contributed by atoms with Crippen molar-refractivity contribution in [2.24, 2.45) is 5.73 Å². The van der Waals surface area contributed by atoms with Gasteiger partial charge in [0.25, 0.3) is 0 Å². The van der Waals surface area contributed by atoms with Gasteiger partial charge in [-0.2, -0.15) is 0 Å². The van der Waals surface area contributed by atoms with E-state index in [9.17, 15) is 19.0 Å². The molecule has 0 aromatic carbocycles. The molecule has 0 rings (SSSR count). The summed E-state index contributed by atoms with van der Waals surface area (Å²) in [7, 11) is -4.39. The maximum atomic E-state index is 12.8. The molecule has 9 nitrogen and oxygen atoms in total. The van der Waals surface area contributed by atoms with E-state index >= 15 is 0 Å². The molecule has 10 heteroatoms. The SMILES string of the molecule is CC/C=C\C/C=C\C/C=C\C/C=C\C/C=C\C/C=C\CCCCCCCCCCCCCCCCCCCCCCC(=O)OC(COC(=O)CCCCCCCCCCCCC/C=C\C/C=C\CCCCCCC)COP(=O)(O)OCCN. The second-order valence-corrected chi connectivity index (χ2v) is 24.5. The van der Waals surface area contributed by atoms with E-state index in [-0.39, 0.29) is 38.6 Å². The first-order chi connectivity index (χ1) is 40.8. The molecule has 0 aromatic rings. The molecule has 2 atom stereocenters. The van der Waals surface area contributed by atoms with Gasteiger partial charge >= 0.3 is 19.8 Å². The van der Waals surface area contributed by atoms with Crippen LogP contribution < -0.4 is 5.73 Å². The van der Waals surface area contributed by atoms with Crippen molar-refractivity contribution in [3.63, 3.8) is 0 Å². The van der Waals surface area contributed by atoms with Gasteiger partial charge in [-0.05, 0) is 96.3 Å². The van der Waals surface area contributed by atoms with Gasteiger partial charge in [0.1, 0.15) is 6.61 Å². The molecule has 0 saturated heterocycles. The molecular weight excluding hydrogens is 1050 g/mol. The Labute approximate surface area is 512 Å². The highest BCUT2D eigenvalue weighted by atomic mass is 31.2. The predicted molar refractivity (Wildman–Crippen MR) is 358 cm³/mol. The second-order valence-electron chi connectivity index (χ2n) is 23.0. The number of phosphoric acid groups is 1. The van der Waals surface area contributed by atoms with Crippen LogP contribution in [0.2, 0.25) is 0 Å². The lowest BCUT2D eigenvalue weighted by atomic mass is 10.0. The fourth-order valence-electron chi connectivity index (χ4n) is 9.85. The number of unbranched alkanes of at least 4 members (excludes halogenated alkanes) is 36. The number of rotatable bonds is 65. The first-order valence-electron chi connectivity index (χ1n) is 34.7. The highest BCUT2D eigenvalue weighted by Gasteiger charge is 2.26. The first-order valence-corrected chi connectivity index (χ1v) is 36.2. The van der Waals surface area contributed by atoms with Crippen molar-refractivity contribution in [3.8, 4) is 0 Å². The summed E-state index contributed by atoms with van der Waals surface area (Å²) in [6.07, 6.45) is 92.1. The van der Waals surface area contributed by atoms with Crippen LogP contribution in [-0.2, 0) is 32.7 Å². The third kappa shape index (κ3) is 67.9. The van der Waals surface area contributed by atoms with Crippen molar-refractivity contribution < 1.29 is 37.6 Å². The van der Waals surface area contributed by atoms with Crippen molar-refractivity contribution in [1.29, 1.82) is 0 Å². The van der Waals surface area contributed by atoms with Gasteiger partial charge in [0.15, 0.2) is 6.10 Å². The average molecular weight is 1180 g/mol. The Hall–Kier alpha value is -3.07. The number of nitrogens with two attached hydrogens (primary N) is 1. The third-order valence-electron chi connectivity index (χ3n) is 15.0. The van der Waals surface area contributed by atoms with Gasteiger partial charge < -0.3 is 20.1 Å². The van der Waals surface area contributed by atoms with E-state index < -0.39 is 26.5 Å². The van der Waals surface area contributed by atoms with E-state index in [2.05, 4.69) is 111 Å². The van der Waals surface area contributed by atoms with Crippen LogP contribution in [0.3, 0.4) is 0 Å². The van der Waals surface area contributed by atoms with Crippen molar-refractivity contribution >= 4 is 19.8 Å². The highest BCUT2D eigenvalue weighted by Crippen LogP contribution is 2.43. The summed E-state index contributed by atoms with van der Waals surface area (Å²) in [4.78, 5) is 35.3.